The van der Waals surface area contributed by atoms with E-state index in [1.165, 1.54) is 31.7 Å². The molecule has 25 heavy (non-hydrogen) atoms. The predicted molar refractivity (Wildman–Crippen MR) is 89.9 cm³/mol. The van der Waals surface area contributed by atoms with E-state index in [4.69, 9.17) is 5.10 Å². The van der Waals surface area contributed by atoms with Crippen molar-refractivity contribution in [2.24, 2.45) is 0 Å². The summed E-state index contributed by atoms with van der Waals surface area (Å²) in [5, 5.41) is 14.8. The van der Waals surface area contributed by atoms with Gasteiger partial charge in [0.2, 0.25) is 0 Å². The van der Waals surface area contributed by atoms with E-state index in [9.17, 15) is 13.9 Å². The van der Waals surface area contributed by atoms with Crippen LogP contribution >= 0.6 is 0 Å². The van der Waals surface area contributed by atoms with Gasteiger partial charge >= 0.3 is 0 Å². The van der Waals surface area contributed by atoms with E-state index in [2.05, 4.69) is 9.58 Å². The molecule has 0 unspecified atom stereocenters. The summed E-state index contributed by atoms with van der Waals surface area (Å²) in [7, 11) is 0. The maximum Gasteiger partial charge on any atom is 0.159 e. The van der Waals surface area contributed by atoms with Gasteiger partial charge in [0.25, 0.3) is 0 Å². The molecule has 1 aromatic heterocycles. The normalized spacial score (nSPS) is 25.1. The third-order valence-corrected chi connectivity index (χ3v) is 5.44. The Balaban J connectivity index is 1.50. The van der Waals surface area contributed by atoms with Crippen LogP contribution in [0.1, 0.15) is 55.4 Å². The highest BCUT2D eigenvalue weighted by Gasteiger charge is 2.33. The lowest BCUT2D eigenvalue weighted by atomic mass is 10.0. The third kappa shape index (κ3) is 3.46. The number of β-amino-alcohol motifs (C(OH)–C–C–N with tert-alkyl or cyclic N) is 1. The van der Waals surface area contributed by atoms with E-state index in [0.717, 1.165) is 11.8 Å². The number of aromatic nitrogens is 2. The number of nitrogens with zero attached hydrogens (tertiary/aromatic N) is 3. The minimum absolute atomic E-state index is 0.123. The third-order valence-electron chi connectivity index (χ3n) is 5.44. The maximum absolute atomic E-state index is 13.6. The molecule has 0 spiro atoms. The largest absolute Gasteiger partial charge is 0.392 e. The molecule has 1 saturated carbocycles. The predicted octanol–water partition coefficient (Wildman–Crippen LogP) is 3.58. The second kappa shape index (κ2) is 6.84. The molecule has 1 aliphatic heterocycles. The second-order valence-electron chi connectivity index (χ2n) is 7.23. The van der Waals surface area contributed by atoms with Gasteiger partial charge in [0.1, 0.15) is 0 Å². The standard InChI is InChI=1S/C19H23F2N3O/c20-17-6-5-13(9-18(17)21)19-10-16(25)12-23(19)11-14-7-8-24(22-14)15-3-1-2-4-15/h5-9,15-16,19,25H,1-4,10-12H2/t16-,19-/m1/s1. The minimum atomic E-state index is -0.843. The molecular weight excluding hydrogens is 324 g/mol. The first-order valence-electron chi connectivity index (χ1n) is 9.01. The van der Waals surface area contributed by atoms with Gasteiger partial charge in [-0.05, 0) is 43.0 Å². The first kappa shape index (κ1) is 16.7. The summed E-state index contributed by atoms with van der Waals surface area (Å²) in [5.41, 5.74) is 1.65. The smallest absolute Gasteiger partial charge is 0.159 e. The maximum atomic E-state index is 13.6. The Bertz CT molecular complexity index is 742. The van der Waals surface area contributed by atoms with E-state index >= 15 is 0 Å². The molecule has 1 N–H and O–H groups in total. The molecule has 2 aromatic rings. The van der Waals surface area contributed by atoms with Gasteiger partial charge in [0.05, 0.1) is 17.8 Å². The zero-order valence-electron chi connectivity index (χ0n) is 14.1. The number of rotatable bonds is 4. The van der Waals surface area contributed by atoms with Crippen LogP contribution in [0.5, 0.6) is 0 Å². The van der Waals surface area contributed by atoms with Crippen LogP contribution in [-0.4, -0.2) is 32.4 Å². The fourth-order valence-electron chi connectivity index (χ4n) is 4.16. The number of halogens is 2. The average Bonchev–Trinajstić information content (AvgIpc) is 3.31. The Labute approximate surface area is 146 Å². The van der Waals surface area contributed by atoms with E-state index < -0.39 is 17.7 Å². The fourth-order valence-corrected chi connectivity index (χ4v) is 4.16. The summed E-state index contributed by atoms with van der Waals surface area (Å²) in [5.74, 6) is -1.69. The highest BCUT2D eigenvalue weighted by Crippen LogP contribution is 2.34. The summed E-state index contributed by atoms with van der Waals surface area (Å²) in [6, 6.07) is 6.39. The molecule has 1 aliphatic carbocycles. The van der Waals surface area contributed by atoms with Crippen molar-refractivity contribution in [3.05, 3.63) is 53.4 Å². The quantitative estimate of drug-likeness (QED) is 0.919. The molecule has 2 aliphatic rings. The summed E-state index contributed by atoms with van der Waals surface area (Å²) in [4.78, 5) is 2.10. The Morgan fingerprint density at radius 3 is 2.68 bits per heavy atom. The summed E-state index contributed by atoms with van der Waals surface area (Å²) < 4.78 is 28.9. The topological polar surface area (TPSA) is 41.3 Å². The highest BCUT2D eigenvalue weighted by molar-refractivity contribution is 5.23. The van der Waals surface area contributed by atoms with Crippen LogP contribution in [0.2, 0.25) is 0 Å². The van der Waals surface area contributed by atoms with E-state index in [-0.39, 0.29) is 6.04 Å². The Kier molecular flexibility index (Phi) is 4.56. The van der Waals surface area contributed by atoms with Crippen LogP contribution in [0, 0.1) is 11.6 Å². The molecule has 6 heteroatoms. The minimum Gasteiger partial charge on any atom is -0.392 e. The van der Waals surface area contributed by atoms with Gasteiger partial charge < -0.3 is 5.11 Å². The van der Waals surface area contributed by atoms with Crippen molar-refractivity contribution < 1.29 is 13.9 Å². The van der Waals surface area contributed by atoms with Crippen molar-refractivity contribution in [1.29, 1.82) is 0 Å². The van der Waals surface area contributed by atoms with E-state index in [0.29, 0.717) is 31.1 Å². The molecule has 1 saturated heterocycles. The molecule has 4 nitrogen and oxygen atoms in total. The second-order valence-corrected chi connectivity index (χ2v) is 7.23. The van der Waals surface area contributed by atoms with Crippen molar-refractivity contribution in [3.63, 3.8) is 0 Å². The summed E-state index contributed by atoms with van der Waals surface area (Å²) >= 11 is 0. The number of hydrogen-bond donors (Lipinski definition) is 1. The van der Waals surface area contributed by atoms with Crippen molar-refractivity contribution >= 4 is 0 Å². The van der Waals surface area contributed by atoms with Gasteiger partial charge in [-0.3, -0.25) is 9.58 Å². The van der Waals surface area contributed by atoms with Crippen molar-refractivity contribution in [2.75, 3.05) is 6.54 Å². The zero-order chi connectivity index (χ0) is 17.4. The molecule has 2 atom stereocenters. The first-order chi connectivity index (χ1) is 12.1. The lowest BCUT2D eigenvalue weighted by Crippen LogP contribution is -2.25. The van der Waals surface area contributed by atoms with Gasteiger partial charge in [-0.15, -0.1) is 0 Å². The molecular formula is C19H23F2N3O. The van der Waals surface area contributed by atoms with Crippen molar-refractivity contribution in [2.45, 2.75) is 56.8 Å². The number of aliphatic hydroxyl groups is 1. The van der Waals surface area contributed by atoms with Crippen LogP contribution in [0.25, 0.3) is 0 Å². The van der Waals surface area contributed by atoms with Gasteiger partial charge in [-0.2, -0.15) is 5.10 Å². The number of benzene rings is 1. The molecule has 2 fully saturated rings. The average molecular weight is 347 g/mol. The van der Waals surface area contributed by atoms with E-state index in [1.807, 2.05) is 12.3 Å². The van der Waals surface area contributed by atoms with Gasteiger partial charge in [-0.25, -0.2) is 8.78 Å². The van der Waals surface area contributed by atoms with Gasteiger partial charge in [0, 0.05) is 25.3 Å². The molecule has 0 bridgehead atoms. The molecule has 1 aromatic carbocycles. The Hall–Kier alpha value is -1.79. The SMILES string of the molecule is O[C@@H]1C[C@H](c2ccc(F)c(F)c2)N(Cc2ccn(C3CCCC3)n2)C1. The molecule has 4 rings (SSSR count). The van der Waals surface area contributed by atoms with Crippen LogP contribution in [0.4, 0.5) is 8.78 Å². The van der Waals surface area contributed by atoms with Crippen molar-refractivity contribution in [3.8, 4) is 0 Å². The number of aliphatic hydroxyl groups excluding tert-OH is 1. The van der Waals surface area contributed by atoms with E-state index in [1.54, 1.807) is 6.07 Å². The monoisotopic (exact) mass is 347 g/mol. The summed E-state index contributed by atoms with van der Waals surface area (Å²) in [6.45, 7) is 1.11. The fraction of sp³-hybridized carbons (Fsp3) is 0.526. The molecule has 2 heterocycles. The summed E-state index contributed by atoms with van der Waals surface area (Å²) in [6.07, 6.45) is 6.98. The molecule has 0 radical (unpaired) electrons. The highest BCUT2D eigenvalue weighted by atomic mass is 19.2. The lowest BCUT2D eigenvalue weighted by molar-refractivity contribution is 0.172. The van der Waals surface area contributed by atoms with Gasteiger partial charge in [-0.1, -0.05) is 18.9 Å². The Morgan fingerprint density at radius 1 is 1.12 bits per heavy atom. The van der Waals surface area contributed by atoms with Crippen LogP contribution < -0.4 is 0 Å². The zero-order valence-corrected chi connectivity index (χ0v) is 14.1. The van der Waals surface area contributed by atoms with Crippen molar-refractivity contribution in [1.82, 2.24) is 14.7 Å². The lowest BCUT2D eigenvalue weighted by Gasteiger charge is -2.23. The Morgan fingerprint density at radius 2 is 1.92 bits per heavy atom. The number of likely N-dealkylation sites (tertiary alicyclic amines) is 1. The van der Waals surface area contributed by atoms with Gasteiger partial charge in [0.15, 0.2) is 11.6 Å². The molecule has 134 valence electrons. The van der Waals surface area contributed by atoms with Crippen LogP contribution in [0.3, 0.4) is 0 Å². The molecule has 0 amide bonds. The first-order valence-corrected chi connectivity index (χ1v) is 9.01. The van der Waals surface area contributed by atoms with Crippen LogP contribution in [0.15, 0.2) is 30.5 Å². The number of hydrogen-bond acceptors (Lipinski definition) is 3. The van der Waals surface area contributed by atoms with Crippen LogP contribution in [-0.2, 0) is 6.54 Å².